The molecule has 2 rings (SSSR count). The highest BCUT2D eigenvalue weighted by molar-refractivity contribution is 5.97. The number of β-amino-alcohol motifs (C(OH)–C–C–N with tert-alkyl or cyclic N) is 1. The van der Waals surface area contributed by atoms with Crippen LogP contribution in [0.3, 0.4) is 0 Å². The van der Waals surface area contributed by atoms with Gasteiger partial charge < -0.3 is 20.9 Å². The van der Waals surface area contributed by atoms with Gasteiger partial charge in [0.05, 0.1) is 5.60 Å². The molecule has 1 unspecified atom stereocenters. The number of hydrogen-bond donors (Lipinski definition) is 3. The van der Waals surface area contributed by atoms with Gasteiger partial charge in [-0.1, -0.05) is 5.16 Å². The van der Waals surface area contributed by atoms with Crippen LogP contribution in [0.2, 0.25) is 0 Å². The molecule has 1 fully saturated rings. The van der Waals surface area contributed by atoms with Crippen molar-refractivity contribution in [2.45, 2.75) is 32.3 Å². The van der Waals surface area contributed by atoms with Crippen molar-refractivity contribution in [3.8, 4) is 0 Å². The predicted octanol–water partition coefficient (Wildman–Crippen LogP) is 0.836. The summed E-state index contributed by atoms with van der Waals surface area (Å²) < 4.78 is 0. The SMILES string of the molecule is Cc1cc(/C(N)=N/O)cc(N2CCCC(C)(O)C2)n1. The number of anilines is 1. The van der Waals surface area contributed by atoms with Crippen molar-refractivity contribution in [3.63, 3.8) is 0 Å². The Morgan fingerprint density at radius 1 is 1.53 bits per heavy atom. The summed E-state index contributed by atoms with van der Waals surface area (Å²) in [7, 11) is 0. The molecule has 1 aromatic heterocycles. The second-order valence-corrected chi connectivity index (χ2v) is 5.36. The Morgan fingerprint density at radius 2 is 2.26 bits per heavy atom. The van der Waals surface area contributed by atoms with Gasteiger partial charge in [-0.15, -0.1) is 0 Å². The van der Waals surface area contributed by atoms with E-state index in [0.29, 0.717) is 12.1 Å². The Labute approximate surface area is 112 Å². The van der Waals surface area contributed by atoms with E-state index in [0.717, 1.165) is 30.9 Å². The fourth-order valence-electron chi connectivity index (χ4n) is 2.43. The van der Waals surface area contributed by atoms with Crippen molar-refractivity contribution in [2.24, 2.45) is 10.9 Å². The lowest BCUT2D eigenvalue weighted by atomic mass is 9.95. The molecule has 0 aromatic carbocycles. The summed E-state index contributed by atoms with van der Waals surface area (Å²) in [5.41, 5.74) is 6.36. The van der Waals surface area contributed by atoms with Gasteiger partial charge in [-0.3, -0.25) is 0 Å². The number of nitrogens with zero attached hydrogens (tertiary/aromatic N) is 3. The fourth-order valence-corrected chi connectivity index (χ4v) is 2.43. The van der Waals surface area contributed by atoms with Crippen molar-refractivity contribution < 1.29 is 10.3 Å². The maximum atomic E-state index is 10.1. The second-order valence-electron chi connectivity index (χ2n) is 5.36. The lowest BCUT2D eigenvalue weighted by Crippen LogP contribution is -2.46. The van der Waals surface area contributed by atoms with Crippen LogP contribution in [-0.4, -0.2) is 39.8 Å². The number of rotatable bonds is 2. The normalized spacial score (nSPS) is 24.6. The average Bonchev–Trinajstić information content (AvgIpc) is 2.36. The van der Waals surface area contributed by atoms with E-state index in [1.807, 2.05) is 18.7 Å². The van der Waals surface area contributed by atoms with Gasteiger partial charge in [0.25, 0.3) is 0 Å². The highest BCUT2D eigenvalue weighted by atomic mass is 16.4. The molecule has 6 nitrogen and oxygen atoms in total. The topological polar surface area (TPSA) is 95.0 Å². The summed E-state index contributed by atoms with van der Waals surface area (Å²) in [6, 6.07) is 3.55. The molecule has 0 saturated carbocycles. The second kappa shape index (κ2) is 5.05. The Kier molecular flexibility index (Phi) is 3.61. The monoisotopic (exact) mass is 264 g/mol. The van der Waals surface area contributed by atoms with Crippen molar-refractivity contribution >= 4 is 11.7 Å². The Hall–Kier alpha value is -1.82. The Bertz CT molecular complexity index is 499. The molecule has 0 amide bonds. The van der Waals surface area contributed by atoms with Gasteiger partial charge in [0.1, 0.15) is 5.82 Å². The first-order valence-electron chi connectivity index (χ1n) is 6.35. The maximum Gasteiger partial charge on any atom is 0.170 e. The van der Waals surface area contributed by atoms with Crippen LogP contribution in [-0.2, 0) is 0 Å². The standard InChI is InChI=1S/C13H20N4O2/c1-9-6-10(12(14)16-19)7-11(15-9)17-5-3-4-13(2,18)8-17/h6-7,18-19H,3-5,8H2,1-2H3,(H2,14,16). The first-order valence-corrected chi connectivity index (χ1v) is 6.35. The van der Waals surface area contributed by atoms with Gasteiger partial charge in [0.2, 0.25) is 0 Å². The highest BCUT2D eigenvalue weighted by Crippen LogP contribution is 2.25. The quantitative estimate of drug-likeness (QED) is 0.318. The molecule has 1 aromatic rings. The molecule has 2 heterocycles. The van der Waals surface area contributed by atoms with E-state index in [2.05, 4.69) is 10.1 Å². The number of amidine groups is 1. The van der Waals surface area contributed by atoms with Crippen LogP contribution in [0.25, 0.3) is 0 Å². The summed E-state index contributed by atoms with van der Waals surface area (Å²) in [6.07, 6.45) is 1.71. The highest BCUT2D eigenvalue weighted by Gasteiger charge is 2.29. The van der Waals surface area contributed by atoms with Crippen molar-refractivity contribution in [1.82, 2.24) is 4.98 Å². The van der Waals surface area contributed by atoms with Crippen molar-refractivity contribution in [3.05, 3.63) is 23.4 Å². The molecular weight excluding hydrogens is 244 g/mol. The van der Waals surface area contributed by atoms with E-state index in [1.165, 1.54) is 0 Å². The summed E-state index contributed by atoms with van der Waals surface area (Å²) in [5.74, 6) is 0.817. The third-order valence-electron chi connectivity index (χ3n) is 3.34. The van der Waals surface area contributed by atoms with Crippen LogP contribution in [0.1, 0.15) is 31.0 Å². The number of aliphatic hydroxyl groups is 1. The number of hydrogen-bond acceptors (Lipinski definition) is 5. The van der Waals surface area contributed by atoms with Gasteiger partial charge in [-0.05, 0) is 38.8 Å². The number of piperidine rings is 1. The van der Waals surface area contributed by atoms with Crippen LogP contribution < -0.4 is 10.6 Å². The lowest BCUT2D eigenvalue weighted by molar-refractivity contribution is 0.0447. The molecule has 0 spiro atoms. The van der Waals surface area contributed by atoms with Gasteiger partial charge in [0, 0.05) is 24.3 Å². The molecule has 0 bridgehead atoms. The van der Waals surface area contributed by atoms with Crippen molar-refractivity contribution in [1.29, 1.82) is 0 Å². The molecule has 4 N–H and O–H groups in total. The van der Waals surface area contributed by atoms with Crippen LogP contribution >= 0.6 is 0 Å². The zero-order chi connectivity index (χ0) is 14.0. The maximum absolute atomic E-state index is 10.1. The molecule has 104 valence electrons. The molecule has 1 aliphatic rings. The Balaban J connectivity index is 2.32. The van der Waals surface area contributed by atoms with Crippen LogP contribution in [0.4, 0.5) is 5.82 Å². The first kappa shape index (κ1) is 13.6. The molecule has 1 aliphatic heterocycles. The molecule has 6 heteroatoms. The predicted molar refractivity (Wildman–Crippen MR) is 73.6 cm³/mol. The molecule has 0 radical (unpaired) electrons. The molecule has 19 heavy (non-hydrogen) atoms. The molecule has 1 atom stereocenters. The first-order chi connectivity index (χ1) is 8.91. The number of pyridine rings is 1. The molecule has 0 aliphatic carbocycles. The smallest absolute Gasteiger partial charge is 0.170 e. The van der Waals surface area contributed by atoms with Gasteiger partial charge >= 0.3 is 0 Å². The van der Waals surface area contributed by atoms with Crippen LogP contribution in [0, 0.1) is 6.92 Å². The number of aromatic nitrogens is 1. The molecule has 1 saturated heterocycles. The summed E-state index contributed by atoms with van der Waals surface area (Å²) in [5, 5.41) is 21.9. The van der Waals surface area contributed by atoms with Gasteiger partial charge in [0.15, 0.2) is 5.84 Å². The van der Waals surface area contributed by atoms with Gasteiger partial charge in [-0.2, -0.15) is 0 Å². The van der Waals surface area contributed by atoms with E-state index < -0.39 is 5.60 Å². The van der Waals surface area contributed by atoms with E-state index in [-0.39, 0.29) is 5.84 Å². The molecular formula is C13H20N4O2. The average molecular weight is 264 g/mol. The zero-order valence-corrected chi connectivity index (χ0v) is 11.3. The lowest BCUT2D eigenvalue weighted by Gasteiger charge is -2.37. The zero-order valence-electron chi connectivity index (χ0n) is 11.3. The summed E-state index contributed by atoms with van der Waals surface area (Å²) >= 11 is 0. The van der Waals surface area contributed by atoms with E-state index in [9.17, 15) is 5.11 Å². The van der Waals surface area contributed by atoms with Crippen molar-refractivity contribution in [2.75, 3.05) is 18.0 Å². The van der Waals surface area contributed by atoms with Gasteiger partial charge in [-0.25, -0.2) is 4.98 Å². The number of nitrogens with two attached hydrogens (primary N) is 1. The fraction of sp³-hybridized carbons (Fsp3) is 0.538. The largest absolute Gasteiger partial charge is 0.409 e. The number of aryl methyl sites for hydroxylation is 1. The third kappa shape index (κ3) is 3.14. The van der Waals surface area contributed by atoms with E-state index in [4.69, 9.17) is 10.9 Å². The van der Waals surface area contributed by atoms with E-state index in [1.54, 1.807) is 12.1 Å². The summed E-state index contributed by atoms with van der Waals surface area (Å²) in [4.78, 5) is 6.49. The minimum Gasteiger partial charge on any atom is -0.409 e. The summed E-state index contributed by atoms with van der Waals surface area (Å²) in [6.45, 7) is 5.08. The minimum absolute atomic E-state index is 0.0653. The Morgan fingerprint density at radius 3 is 2.89 bits per heavy atom. The minimum atomic E-state index is -0.694. The number of oxime groups is 1. The third-order valence-corrected chi connectivity index (χ3v) is 3.34. The van der Waals surface area contributed by atoms with Crippen LogP contribution in [0.5, 0.6) is 0 Å². The van der Waals surface area contributed by atoms with E-state index >= 15 is 0 Å². The van der Waals surface area contributed by atoms with Crippen LogP contribution in [0.15, 0.2) is 17.3 Å².